The first kappa shape index (κ1) is 16.7. The summed E-state index contributed by atoms with van der Waals surface area (Å²) in [7, 11) is 0. The number of hydrogen-bond acceptors (Lipinski definition) is 6. The van der Waals surface area contributed by atoms with Gasteiger partial charge in [0.25, 0.3) is 0 Å². The Balaban J connectivity index is 1.39. The van der Waals surface area contributed by atoms with E-state index in [-0.39, 0.29) is 11.3 Å². The van der Waals surface area contributed by atoms with Crippen LogP contribution < -0.4 is 4.90 Å². The van der Waals surface area contributed by atoms with Gasteiger partial charge in [0, 0.05) is 30.3 Å². The number of phenolic OH excluding ortho intramolecular Hbond substituents is 1. The van der Waals surface area contributed by atoms with Gasteiger partial charge >= 0.3 is 0 Å². The predicted molar refractivity (Wildman–Crippen MR) is 102 cm³/mol. The maximum Gasteiger partial charge on any atom is 0.208 e. The third-order valence-corrected chi connectivity index (χ3v) is 6.77. The second-order valence-electron chi connectivity index (χ2n) is 7.65. The molecule has 1 saturated carbocycles. The molecule has 1 saturated heterocycles. The first-order valence-corrected chi connectivity index (χ1v) is 10.1. The Labute approximate surface area is 160 Å². The number of aromatic amines is 1. The lowest BCUT2D eigenvalue weighted by Gasteiger charge is -2.52. The van der Waals surface area contributed by atoms with Crippen LogP contribution in [-0.4, -0.2) is 38.6 Å². The minimum atomic E-state index is -0.513. The van der Waals surface area contributed by atoms with Gasteiger partial charge < -0.3 is 10.0 Å². The molecular formula is C19H20FN5OS. The average Bonchev–Trinajstić information content (AvgIpc) is 3.32. The fourth-order valence-corrected chi connectivity index (χ4v) is 5.24. The summed E-state index contributed by atoms with van der Waals surface area (Å²) >= 11 is 1.33. The first-order valence-electron chi connectivity index (χ1n) is 9.24. The largest absolute Gasteiger partial charge is 0.507 e. The number of aromatic nitrogens is 4. The molecule has 1 aliphatic heterocycles. The summed E-state index contributed by atoms with van der Waals surface area (Å²) in [4.78, 5) is 2.22. The number of halogens is 1. The maximum atomic E-state index is 14.7. The van der Waals surface area contributed by atoms with Crippen molar-refractivity contribution in [3.05, 3.63) is 30.3 Å². The Kier molecular flexibility index (Phi) is 3.89. The first-order chi connectivity index (χ1) is 13.1. The molecule has 2 fully saturated rings. The van der Waals surface area contributed by atoms with Crippen LogP contribution in [0.5, 0.6) is 5.75 Å². The Morgan fingerprint density at radius 1 is 1.11 bits per heavy atom. The van der Waals surface area contributed by atoms with Gasteiger partial charge in [0.1, 0.15) is 11.6 Å². The van der Waals surface area contributed by atoms with E-state index < -0.39 is 5.82 Å². The molecule has 2 N–H and O–H groups in total. The number of benzene rings is 1. The summed E-state index contributed by atoms with van der Waals surface area (Å²) in [5.74, 6) is -0.650. The van der Waals surface area contributed by atoms with E-state index in [1.165, 1.54) is 55.6 Å². The SMILES string of the molecule is Oc1cc(-c2cn[nH]c2)cc(F)c1-c1nnc(N2CC3(CCCCC3)C2)s1. The van der Waals surface area contributed by atoms with E-state index in [1.807, 2.05) is 0 Å². The molecule has 27 heavy (non-hydrogen) atoms. The van der Waals surface area contributed by atoms with Gasteiger partial charge in [-0.2, -0.15) is 5.10 Å². The molecule has 2 aromatic heterocycles. The number of aromatic hydroxyl groups is 1. The quantitative estimate of drug-likeness (QED) is 0.706. The van der Waals surface area contributed by atoms with E-state index in [1.54, 1.807) is 12.4 Å². The number of hydrogen-bond donors (Lipinski definition) is 2. The number of nitrogens with zero attached hydrogens (tertiary/aromatic N) is 4. The van der Waals surface area contributed by atoms with E-state index in [0.29, 0.717) is 21.5 Å². The molecule has 140 valence electrons. The van der Waals surface area contributed by atoms with Crippen LogP contribution >= 0.6 is 11.3 Å². The minimum Gasteiger partial charge on any atom is -0.507 e. The molecular weight excluding hydrogens is 365 g/mol. The zero-order chi connectivity index (χ0) is 18.4. The van der Waals surface area contributed by atoms with Crippen LogP contribution in [0.2, 0.25) is 0 Å². The summed E-state index contributed by atoms with van der Waals surface area (Å²) in [5, 5.41) is 26.5. The van der Waals surface area contributed by atoms with Crippen LogP contribution in [0, 0.1) is 11.2 Å². The van der Waals surface area contributed by atoms with Crippen molar-refractivity contribution >= 4 is 16.5 Å². The molecule has 0 radical (unpaired) electrons. The standard InChI is InChI=1S/C19H20FN5OS/c20-14-6-12(13-8-21-22-9-13)7-15(26)16(14)17-23-24-18(27-17)25-10-19(11-25)4-2-1-3-5-19/h6-9,26H,1-5,10-11H2,(H,21,22). The number of rotatable bonds is 3. The molecule has 3 heterocycles. The van der Waals surface area contributed by atoms with Crippen molar-refractivity contribution in [2.75, 3.05) is 18.0 Å². The highest BCUT2D eigenvalue weighted by Gasteiger charge is 2.44. The van der Waals surface area contributed by atoms with Gasteiger partial charge in [-0.1, -0.05) is 30.6 Å². The van der Waals surface area contributed by atoms with Crippen molar-refractivity contribution in [1.82, 2.24) is 20.4 Å². The third-order valence-electron chi connectivity index (χ3n) is 5.77. The molecule has 0 amide bonds. The molecule has 5 rings (SSSR count). The highest BCUT2D eigenvalue weighted by Crippen LogP contribution is 2.47. The monoisotopic (exact) mass is 385 g/mol. The van der Waals surface area contributed by atoms with E-state index in [4.69, 9.17) is 0 Å². The molecule has 2 aliphatic rings. The number of anilines is 1. The summed E-state index contributed by atoms with van der Waals surface area (Å²) in [6.45, 7) is 2.02. The van der Waals surface area contributed by atoms with Crippen molar-refractivity contribution < 1.29 is 9.50 Å². The number of H-pyrrole nitrogens is 1. The molecule has 1 spiro atoms. The number of phenols is 1. The molecule has 6 nitrogen and oxygen atoms in total. The summed E-state index contributed by atoms with van der Waals surface area (Å²) in [5.41, 5.74) is 1.84. The van der Waals surface area contributed by atoms with Crippen molar-refractivity contribution in [1.29, 1.82) is 0 Å². The minimum absolute atomic E-state index is 0.110. The summed E-state index contributed by atoms with van der Waals surface area (Å²) in [6, 6.07) is 2.92. The van der Waals surface area contributed by atoms with Crippen LogP contribution in [0.3, 0.4) is 0 Å². The van der Waals surface area contributed by atoms with Crippen LogP contribution in [-0.2, 0) is 0 Å². The highest BCUT2D eigenvalue weighted by atomic mass is 32.1. The van der Waals surface area contributed by atoms with Gasteiger partial charge in [-0.25, -0.2) is 4.39 Å². The Morgan fingerprint density at radius 3 is 2.63 bits per heavy atom. The van der Waals surface area contributed by atoms with Gasteiger partial charge in [0.2, 0.25) is 5.13 Å². The Bertz CT molecular complexity index is 933. The molecule has 8 heteroatoms. The summed E-state index contributed by atoms with van der Waals surface area (Å²) < 4.78 is 14.7. The molecule has 3 aromatic rings. The zero-order valence-electron chi connectivity index (χ0n) is 14.8. The third kappa shape index (κ3) is 2.88. The molecule has 1 aliphatic carbocycles. The lowest BCUT2D eigenvalue weighted by Crippen LogP contribution is -2.57. The molecule has 1 aromatic carbocycles. The van der Waals surface area contributed by atoms with Gasteiger partial charge in [-0.05, 0) is 30.5 Å². The van der Waals surface area contributed by atoms with E-state index in [9.17, 15) is 9.50 Å². The second-order valence-corrected chi connectivity index (χ2v) is 8.60. The predicted octanol–water partition coefficient (Wildman–Crippen LogP) is 4.21. The van der Waals surface area contributed by atoms with E-state index in [0.717, 1.165) is 18.2 Å². The maximum absolute atomic E-state index is 14.7. The van der Waals surface area contributed by atoms with Crippen molar-refractivity contribution in [2.45, 2.75) is 32.1 Å². The zero-order valence-corrected chi connectivity index (χ0v) is 15.6. The normalized spacial score (nSPS) is 18.6. The highest BCUT2D eigenvalue weighted by molar-refractivity contribution is 7.18. The molecule has 0 unspecified atom stereocenters. The summed E-state index contributed by atoms with van der Waals surface area (Å²) in [6.07, 6.45) is 9.80. The van der Waals surface area contributed by atoms with Gasteiger partial charge in [0.05, 0.1) is 11.8 Å². The Hall–Kier alpha value is -2.48. The van der Waals surface area contributed by atoms with Crippen LogP contribution in [0.1, 0.15) is 32.1 Å². The van der Waals surface area contributed by atoms with Gasteiger partial charge in [-0.3, -0.25) is 5.10 Å². The van der Waals surface area contributed by atoms with Crippen molar-refractivity contribution in [3.63, 3.8) is 0 Å². The topological polar surface area (TPSA) is 77.9 Å². The van der Waals surface area contributed by atoms with Crippen molar-refractivity contribution in [2.24, 2.45) is 5.41 Å². The van der Waals surface area contributed by atoms with Crippen LogP contribution in [0.15, 0.2) is 24.5 Å². The van der Waals surface area contributed by atoms with Crippen LogP contribution in [0.25, 0.3) is 21.7 Å². The fraction of sp³-hybridized carbons (Fsp3) is 0.421. The molecule has 0 atom stereocenters. The van der Waals surface area contributed by atoms with Gasteiger partial charge in [-0.15, -0.1) is 10.2 Å². The number of nitrogens with one attached hydrogen (secondary N) is 1. The molecule has 0 bridgehead atoms. The average molecular weight is 385 g/mol. The second kappa shape index (κ2) is 6.30. The smallest absolute Gasteiger partial charge is 0.208 e. The van der Waals surface area contributed by atoms with Gasteiger partial charge in [0.15, 0.2) is 5.01 Å². The lowest BCUT2D eigenvalue weighted by molar-refractivity contribution is 0.139. The van der Waals surface area contributed by atoms with E-state index >= 15 is 0 Å². The fourth-order valence-electron chi connectivity index (χ4n) is 4.34. The van der Waals surface area contributed by atoms with Crippen LogP contribution in [0.4, 0.5) is 9.52 Å². The lowest BCUT2D eigenvalue weighted by atomic mass is 9.69. The van der Waals surface area contributed by atoms with Crippen molar-refractivity contribution in [3.8, 4) is 27.4 Å². The van der Waals surface area contributed by atoms with E-state index in [2.05, 4.69) is 25.3 Å². The Morgan fingerprint density at radius 2 is 1.93 bits per heavy atom.